The number of anilines is 1. The summed E-state index contributed by atoms with van der Waals surface area (Å²) in [6.07, 6.45) is 0. The van der Waals surface area contributed by atoms with Gasteiger partial charge in [0.05, 0.1) is 4.92 Å². The SMILES string of the molecule is Cc1cc(C)cc(CSCc2ccc([N+](=O)[O-])c(N)c2)c1. The minimum Gasteiger partial charge on any atom is -0.393 e. The van der Waals surface area contributed by atoms with Crippen LogP contribution in [-0.2, 0) is 11.5 Å². The Kier molecular flexibility index (Phi) is 4.85. The Labute approximate surface area is 128 Å². The first-order chi connectivity index (χ1) is 9.95. The minimum absolute atomic E-state index is 0.0296. The van der Waals surface area contributed by atoms with E-state index in [4.69, 9.17) is 5.73 Å². The van der Waals surface area contributed by atoms with Gasteiger partial charge < -0.3 is 5.73 Å². The number of aryl methyl sites for hydroxylation is 2. The first kappa shape index (κ1) is 15.4. The highest BCUT2D eigenvalue weighted by atomic mass is 32.2. The van der Waals surface area contributed by atoms with Crippen LogP contribution in [0.3, 0.4) is 0 Å². The van der Waals surface area contributed by atoms with Crippen LogP contribution in [-0.4, -0.2) is 4.92 Å². The van der Waals surface area contributed by atoms with Gasteiger partial charge >= 0.3 is 0 Å². The summed E-state index contributed by atoms with van der Waals surface area (Å²) in [5, 5.41) is 10.7. The van der Waals surface area contributed by atoms with Crippen molar-refractivity contribution in [2.24, 2.45) is 0 Å². The fourth-order valence-electron chi connectivity index (χ4n) is 2.30. The molecule has 2 aromatic rings. The lowest BCUT2D eigenvalue weighted by atomic mass is 10.1. The summed E-state index contributed by atoms with van der Waals surface area (Å²) < 4.78 is 0. The molecular weight excluding hydrogens is 284 g/mol. The molecule has 0 fully saturated rings. The van der Waals surface area contributed by atoms with Crippen molar-refractivity contribution in [1.29, 1.82) is 0 Å². The van der Waals surface area contributed by atoms with Gasteiger partial charge in [-0.15, -0.1) is 0 Å². The molecule has 0 aliphatic heterocycles. The molecule has 0 bridgehead atoms. The molecule has 21 heavy (non-hydrogen) atoms. The molecule has 2 rings (SSSR count). The Bertz CT molecular complexity index is 651. The number of rotatable bonds is 5. The number of nitrogens with zero attached hydrogens (tertiary/aromatic N) is 1. The van der Waals surface area contributed by atoms with E-state index in [2.05, 4.69) is 32.0 Å². The molecule has 2 N–H and O–H groups in total. The third-order valence-corrected chi connectivity index (χ3v) is 4.18. The molecule has 0 aliphatic rings. The van der Waals surface area contributed by atoms with Gasteiger partial charge in [-0.3, -0.25) is 10.1 Å². The van der Waals surface area contributed by atoms with Gasteiger partial charge in [0.15, 0.2) is 0 Å². The van der Waals surface area contributed by atoms with Gasteiger partial charge in [-0.1, -0.05) is 35.4 Å². The number of benzene rings is 2. The van der Waals surface area contributed by atoms with E-state index in [0.29, 0.717) is 0 Å². The van der Waals surface area contributed by atoms with Crippen molar-refractivity contribution in [3.8, 4) is 0 Å². The first-order valence-corrected chi connectivity index (χ1v) is 7.79. The molecular formula is C16H18N2O2S. The van der Waals surface area contributed by atoms with Crippen molar-refractivity contribution < 1.29 is 4.92 Å². The number of nitrogen functional groups attached to an aromatic ring is 1. The summed E-state index contributed by atoms with van der Waals surface area (Å²) in [4.78, 5) is 10.3. The van der Waals surface area contributed by atoms with E-state index in [0.717, 1.165) is 17.1 Å². The van der Waals surface area contributed by atoms with Crippen molar-refractivity contribution in [3.63, 3.8) is 0 Å². The Balaban J connectivity index is 1.97. The minimum atomic E-state index is -0.457. The van der Waals surface area contributed by atoms with Crippen LogP contribution in [0.25, 0.3) is 0 Å². The van der Waals surface area contributed by atoms with Crippen LogP contribution in [0.5, 0.6) is 0 Å². The van der Waals surface area contributed by atoms with Crippen molar-refractivity contribution in [2.75, 3.05) is 5.73 Å². The first-order valence-electron chi connectivity index (χ1n) is 6.63. The molecule has 0 saturated heterocycles. The maximum absolute atomic E-state index is 10.7. The number of nitrogens with two attached hydrogens (primary N) is 1. The highest BCUT2D eigenvalue weighted by molar-refractivity contribution is 7.97. The molecule has 0 spiro atoms. The largest absolute Gasteiger partial charge is 0.393 e. The third-order valence-electron chi connectivity index (χ3n) is 3.11. The van der Waals surface area contributed by atoms with Gasteiger partial charge in [0.25, 0.3) is 5.69 Å². The van der Waals surface area contributed by atoms with Gasteiger partial charge in [-0.05, 0) is 31.0 Å². The van der Waals surface area contributed by atoms with Crippen molar-refractivity contribution in [1.82, 2.24) is 0 Å². The van der Waals surface area contributed by atoms with E-state index in [-0.39, 0.29) is 11.4 Å². The van der Waals surface area contributed by atoms with Gasteiger partial charge in [0, 0.05) is 17.6 Å². The maximum atomic E-state index is 10.7. The molecule has 0 aliphatic carbocycles. The lowest BCUT2D eigenvalue weighted by Crippen LogP contribution is -1.96. The number of thioether (sulfide) groups is 1. The summed E-state index contributed by atoms with van der Waals surface area (Å²) in [6, 6.07) is 11.5. The molecule has 0 saturated carbocycles. The number of nitro groups is 1. The molecule has 0 atom stereocenters. The van der Waals surface area contributed by atoms with Crippen molar-refractivity contribution in [3.05, 3.63) is 68.8 Å². The van der Waals surface area contributed by atoms with E-state index in [1.807, 2.05) is 0 Å². The molecule has 0 unspecified atom stereocenters. The van der Waals surface area contributed by atoms with E-state index >= 15 is 0 Å². The zero-order chi connectivity index (χ0) is 15.4. The molecule has 5 heteroatoms. The fourth-order valence-corrected chi connectivity index (χ4v) is 3.22. The maximum Gasteiger partial charge on any atom is 0.292 e. The average Bonchev–Trinajstić information content (AvgIpc) is 2.37. The van der Waals surface area contributed by atoms with Crippen LogP contribution in [0.15, 0.2) is 36.4 Å². The third kappa shape index (κ3) is 4.23. The van der Waals surface area contributed by atoms with E-state index in [1.165, 1.54) is 22.8 Å². The van der Waals surface area contributed by atoms with Gasteiger partial charge in [-0.25, -0.2) is 0 Å². The number of nitro benzene ring substituents is 1. The summed E-state index contributed by atoms with van der Waals surface area (Å²) in [6.45, 7) is 4.19. The average molecular weight is 302 g/mol. The molecule has 0 amide bonds. The Hall–Kier alpha value is -2.01. The smallest absolute Gasteiger partial charge is 0.292 e. The second-order valence-electron chi connectivity index (χ2n) is 5.14. The molecule has 2 aromatic carbocycles. The fraction of sp³-hybridized carbons (Fsp3) is 0.250. The predicted molar refractivity (Wildman–Crippen MR) is 88.4 cm³/mol. The van der Waals surface area contributed by atoms with Crippen molar-refractivity contribution >= 4 is 23.1 Å². The normalized spacial score (nSPS) is 10.6. The zero-order valence-corrected chi connectivity index (χ0v) is 12.9. The molecule has 4 nitrogen and oxygen atoms in total. The van der Waals surface area contributed by atoms with Crippen LogP contribution < -0.4 is 5.73 Å². The van der Waals surface area contributed by atoms with Gasteiger partial charge in [0.2, 0.25) is 0 Å². The summed E-state index contributed by atoms with van der Waals surface area (Å²) in [7, 11) is 0. The van der Waals surface area contributed by atoms with Crippen LogP contribution in [0.1, 0.15) is 22.3 Å². The van der Waals surface area contributed by atoms with Gasteiger partial charge in [-0.2, -0.15) is 11.8 Å². The predicted octanol–water partition coefficient (Wildman–Crippen LogP) is 4.23. The molecule has 110 valence electrons. The summed E-state index contributed by atoms with van der Waals surface area (Å²) in [5.74, 6) is 1.70. The van der Waals surface area contributed by atoms with Crippen LogP contribution in [0, 0.1) is 24.0 Å². The van der Waals surface area contributed by atoms with E-state index in [9.17, 15) is 10.1 Å². The second-order valence-corrected chi connectivity index (χ2v) is 6.12. The van der Waals surface area contributed by atoms with E-state index < -0.39 is 4.92 Å². The van der Waals surface area contributed by atoms with E-state index in [1.54, 1.807) is 23.9 Å². The standard InChI is InChI=1S/C16H18N2O2S/c1-11-5-12(2)7-14(6-11)10-21-9-13-3-4-16(18(19)20)15(17)8-13/h3-8H,9-10,17H2,1-2H3. The molecule has 0 radical (unpaired) electrons. The van der Waals surface area contributed by atoms with Crippen molar-refractivity contribution in [2.45, 2.75) is 25.4 Å². The Morgan fingerprint density at radius 1 is 1.05 bits per heavy atom. The quantitative estimate of drug-likeness (QED) is 0.510. The Morgan fingerprint density at radius 2 is 1.67 bits per heavy atom. The van der Waals surface area contributed by atoms with Crippen LogP contribution in [0.4, 0.5) is 11.4 Å². The molecule has 0 heterocycles. The lowest BCUT2D eigenvalue weighted by Gasteiger charge is -2.06. The number of hydrogen-bond acceptors (Lipinski definition) is 4. The number of hydrogen-bond donors (Lipinski definition) is 1. The van der Waals surface area contributed by atoms with Crippen LogP contribution in [0.2, 0.25) is 0 Å². The monoisotopic (exact) mass is 302 g/mol. The topological polar surface area (TPSA) is 69.2 Å². The Morgan fingerprint density at radius 3 is 2.24 bits per heavy atom. The zero-order valence-electron chi connectivity index (χ0n) is 12.1. The van der Waals surface area contributed by atoms with Gasteiger partial charge in [0.1, 0.15) is 5.69 Å². The second kappa shape index (κ2) is 6.63. The highest BCUT2D eigenvalue weighted by Gasteiger charge is 2.10. The van der Waals surface area contributed by atoms with Crippen LogP contribution >= 0.6 is 11.8 Å². The lowest BCUT2D eigenvalue weighted by molar-refractivity contribution is -0.383. The molecule has 0 aromatic heterocycles. The summed E-state index contributed by atoms with van der Waals surface area (Å²) in [5.41, 5.74) is 10.7. The highest BCUT2D eigenvalue weighted by Crippen LogP contribution is 2.25. The summed E-state index contributed by atoms with van der Waals surface area (Å²) >= 11 is 1.77.